The van der Waals surface area contributed by atoms with Crippen LogP contribution in [0.2, 0.25) is 0 Å². The molecule has 2 rings (SSSR count). The van der Waals surface area contributed by atoms with Gasteiger partial charge < -0.3 is 15.8 Å². The van der Waals surface area contributed by atoms with Gasteiger partial charge in [-0.25, -0.2) is 9.18 Å². The number of nitrogen functional groups attached to an aromatic ring is 1. The molecule has 2 aromatic rings. The molecule has 0 aliphatic heterocycles. The molecule has 0 aliphatic carbocycles. The average molecular weight is 333 g/mol. The Labute approximate surface area is 135 Å². The third-order valence-corrected chi connectivity index (χ3v) is 2.91. The molecular weight excluding hydrogens is 321 g/mol. The predicted octanol–water partition coefficient (Wildman–Crippen LogP) is 2.11. The first-order valence-corrected chi connectivity index (χ1v) is 6.63. The summed E-state index contributed by atoms with van der Waals surface area (Å²) in [6.07, 6.45) is 0. The van der Waals surface area contributed by atoms with Crippen LogP contribution in [0.25, 0.3) is 0 Å². The molecule has 8 nitrogen and oxygen atoms in total. The molecule has 3 N–H and O–H groups in total. The number of non-ortho nitro benzene ring substituents is 1. The van der Waals surface area contributed by atoms with E-state index >= 15 is 0 Å². The van der Waals surface area contributed by atoms with E-state index in [1.54, 1.807) is 0 Å². The van der Waals surface area contributed by atoms with Gasteiger partial charge in [-0.05, 0) is 24.3 Å². The van der Waals surface area contributed by atoms with Gasteiger partial charge in [-0.1, -0.05) is 6.07 Å². The summed E-state index contributed by atoms with van der Waals surface area (Å²) in [5.74, 6) is -2.21. The number of amides is 1. The molecule has 0 spiro atoms. The van der Waals surface area contributed by atoms with Gasteiger partial charge in [0, 0.05) is 23.5 Å². The molecule has 9 heteroatoms. The first-order chi connectivity index (χ1) is 11.4. The van der Waals surface area contributed by atoms with Crippen molar-refractivity contribution >= 4 is 28.9 Å². The lowest BCUT2D eigenvalue weighted by Crippen LogP contribution is -2.21. The van der Waals surface area contributed by atoms with E-state index in [0.29, 0.717) is 0 Å². The number of nitrogens with one attached hydrogen (secondary N) is 1. The summed E-state index contributed by atoms with van der Waals surface area (Å²) in [5.41, 5.74) is 5.20. The standard InChI is InChI=1S/C15H12FN3O5/c16-9-2-1-3-10(6-9)18-14(20)8-24-15(21)12-7-11(19(22)23)4-5-13(12)17/h1-7H,8,17H2,(H,18,20). The topological polar surface area (TPSA) is 125 Å². The van der Waals surface area contributed by atoms with Crippen molar-refractivity contribution in [1.82, 2.24) is 0 Å². The zero-order valence-corrected chi connectivity index (χ0v) is 12.2. The van der Waals surface area contributed by atoms with E-state index in [2.05, 4.69) is 5.32 Å². The van der Waals surface area contributed by atoms with Crippen LogP contribution in [0.15, 0.2) is 42.5 Å². The highest BCUT2D eigenvalue weighted by Gasteiger charge is 2.17. The van der Waals surface area contributed by atoms with Crippen LogP contribution < -0.4 is 11.1 Å². The minimum Gasteiger partial charge on any atom is -0.452 e. The summed E-state index contributed by atoms with van der Waals surface area (Å²) in [4.78, 5) is 33.6. The Morgan fingerprint density at radius 3 is 2.67 bits per heavy atom. The second-order valence-corrected chi connectivity index (χ2v) is 4.66. The molecule has 2 aromatic carbocycles. The SMILES string of the molecule is Nc1ccc([N+](=O)[O-])cc1C(=O)OCC(=O)Nc1cccc(F)c1. The minimum absolute atomic E-state index is 0.0175. The number of nitro benzene ring substituents is 1. The van der Waals surface area contributed by atoms with Gasteiger partial charge in [0.2, 0.25) is 0 Å². The third kappa shape index (κ3) is 4.26. The van der Waals surface area contributed by atoms with E-state index in [-0.39, 0.29) is 22.6 Å². The Bertz CT molecular complexity index is 809. The third-order valence-electron chi connectivity index (χ3n) is 2.91. The molecule has 24 heavy (non-hydrogen) atoms. The number of nitro groups is 1. The highest BCUT2D eigenvalue weighted by molar-refractivity contribution is 5.98. The van der Waals surface area contributed by atoms with Crippen LogP contribution in [0.4, 0.5) is 21.5 Å². The van der Waals surface area contributed by atoms with Gasteiger partial charge in [-0.3, -0.25) is 14.9 Å². The van der Waals surface area contributed by atoms with Gasteiger partial charge in [-0.2, -0.15) is 0 Å². The maximum absolute atomic E-state index is 13.0. The molecule has 0 aromatic heterocycles. The molecule has 0 saturated heterocycles. The summed E-state index contributed by atoms with van der Waals surface area (Å²) >= 11 is 0. The molecule has 124 valence electrons. The van der Waals surface area contributed by atoms with Crippen molar-refractivity contribution in [2.24, 2.45) is 0 Å². The Balaban J connectivity index is 1.99. The molecule has 0 radical (unpaired) electrons. The van der Waals surface area contributed by atoms with E-state index in [1.165, 1.54) is 24.3 Å². The van der Waals surface area contributed by atoms with E-state index in [1.807, 2.05) is 0 Å². The molecule has 0 aliphatic rings. The number of ether oxygens (including phenoxy) is 1. The van der Waals surface area contributed by atoms with Crippen molar-refractivity contribution in [3.05, 3.63) is 64.0 Å². The zero-order chi connectivity index (χ0) is 17.7. The van der Waals surface area contributed by atoms with Gasteiger partial charge >= 0.3 is 5.97 Å². The van der Waals surface area contributed by atoms with E-state index in [0.717, 1.165) is 18.2 Å². The lowest BCUT2D eigenvalue weighted by Gasteiger charge is -2.08. The summed E-state index contributed by atoms with van der Waals surface area (Å²) < 4.78 is 17.8. The Morgan fingerprint density at radius 2 is 2.00 bits per heavy atom. The van der Waals surface area contributed by atoms with Crippen molar-refractivity contribution in [3.8, 4) is 0 Å². The van der Waals surface area contributed by atoms with Gasteiger partial charge in [0.25, 0.3) is 11.6 Å². The van der Waals surface area contributed by atoms with Crippen molar-refractivity contribution in [3.63, 3.8) is 0 Å². The summed E-state index contributed by atoms with van der Waals surface area (Å²) in [6.45, 7) is -0.655. The number of rotatable bonds is 5. The van der Waals surface area contributed by atoms with Crippen LogP contribution in [0.5, 0.6) is 0 Å². The highest BCUT2D eigenvalue weighted by atomic mass is 19.1. The molecule has 0 heterocycles. The molecule has 0 saturated carbocycles. The van der Waals surface area contributed by atoms with Crippen LogP contribution in [0, 0.1) is 15.9 Å². The Hall–Kier alpha value is -3.49. The molecule has 1 amide bonds. The van der Waals surface area contributed by atoms with Crippen molar-refractivity contribution in [2.75, 3.05) is 17.7 Å². The lowest BCUT2D eigenvalue weighted by molar-refractivity contribution is -0.384. The Kier molecular flexibility index (Phi) is 5.05. The maximum atomic E-state index is 13.0. The quantitative estimate of drug-likeness (QED) is 0.374. The van der Waals surface area contributed by atoms with Gasteiger partial charge in [0.15, 0.2) is 6.61 Å². The monoisotopic (exact) mass is 333 g/mol. The number of carbonyl (C=O) groups is 2. The van der Waals surface area contributed by atoms with Crippen molar-refractivity contribution < 1.29 is 23.6 Å². The number of nitrogens with two attached hydrogens (primary N) is 1. The van der Waals surface area contributed by atoms with E-state index in [4.69, 9.17) is 10.5 Å². The molecule has 0 atom stereocenters. The maximum Gasteiger partial charge on any atom is 0.341 e. The number of nitrogens with zero attached hydrogens (tertiary/aromatic N) is 1. The molecule has 0 fully saturated rings. The first kappa shape index (κ1) is 16.9. The van der Waals surface area contributed by atoms with Crippen LogP contribution in [-0.2, 0) is 9.53 Å². The number of hydrogen-bond acceptors (Lipinski definition) is 6. The summed E-state index contributed by atoms with van der Waals surface area (Å²) in [7, 11) is 0. The second kappa shape index (κ2) is 7.18. The van der Waals surface area contributed by atoms with E-state index in [9.17, 15) is 24.1 Å². The van der Waals surface area contributed by atoms with Crippen LogP contribution >= 0.6 is 0 Å². The van der Waals surface area contributed by atoms with Gasteiger partial charge in [0.05, 0.1) is 10.5 Å². The smallest absolute Gasteiger partial charge is 0.341 e. The van der Waals surface area contributed by atoms with Crippen LogP contribution in [-0.4, -0.2) is 23.4 Å². The number of halogens is 1. The Morgan fingerprint density at radius 1 is 1.25 bits per heavy atom. The minimum atomic E-state index is -0.981. The molecule has 0 unspecified atom stereocenters. The zero-order valence-electron chi connectivity index (χ0n) is 12.2. The van der Waals surface area contributed by atoms with Gasteiger partial charge in [0.1, 0.15) is 5.82 Å². The van der Waals surface area contributed by atoms with Crippen LogP contribution in [0.1, 0.15) is 10.4 Å². The number of carbonyl (C=O) groups excluding carboxylic acids is 2. The molecular formula is C15H12FN3O5. The largest absolute Gasteiger partial charge is 0.452 e. The fourth-order valence-corrected chi connectivity index (χ4v) is 1.81. The first-order valence-electron chi connectivity index (χ1n) is 6.63. The highest BCUT2D eigenvalue weighted by Crippen LogP contribution is 2.20. The lowest BCUT2D eigenvalue weighted by atomic mass is 10.1. The fraction of sp³-hybridized carbons (Fsp3) is 0.0667. The van der Waals surface area contributed by atoms with Crippen LogP contribution in [0.3, 0.4) is 0 Å². The number of hydrogen-bond donors (Lipinski definition) is 2. The second-order valence-electron chi connectivity index (χ2n) is 4.66. The predicted molar refractivity (Wildman–Crippen MR) is 82.8 cm³/mol. The summed E-state index contributed by atoms with van der Waals surface area (Å²) in [5, 5.41) is 13.0. The fourth-order valence-electron chi connectivity index (χ4n) is 1.81. The summed E-state index contributed by atoms with van der Waals surface area (Å²) in [6, 6.07) is 8.47. The normalized spacial score (nSPS) is 10.0. The molecule has 0 bridgehead atoms. The van der Waals surface area contributed by atoms with Crippen molar-refractivity contribution in [1.29, 1.82) is 0 Å². The van der Waals surface area contributed by atoms with Crippen molar-refractivity contribution in [2.45, 2.75) is 0 Å². The van der Waals surface area contributed by atoms with E-state index < -0.39 is 29.2 Å². The number of esters is 1. The number of anilines is 2. The average Bonchev–Trinajstić information content (AvgIpc) is 2.52. The van der Waals surface area contributed by atoms with Gasteiger partial charge in [-0.15, -0.1) is 0 Å². The number of benzene rings is 2.